The molecular formula is C10H23NS. The van der Waals surface area contributed by atoms with Gasteiger partial charge in [-0.1, -0.05) is 19.8 Å². The number of hydrogen-bond acceptors (Lipinski definition) is 2. The van der Waals surface area contributed by atoms with E-state index < -0.39 is 0 Å². The molecule has 0 radical (unpaired) electrons. The van der Waals surface area contributed by atoms with Crippen molar-refractivity contribution in [2.75, 3.05) is 19.1 Å². The highest BCUT2D eigenvalue weighted by Gasteiger charge is 2.02. The lowest BCUT2D eigenvalue weighted by molar-refractivity contribution is 0.468. The Kier molecular flexibility index (Phi) is 9.64. The van der Waals surface area contributed by atoms with Crippen LogP contribution in [0.1, 0.15) is 39.0 Å². The molecule has 0 aromatic rings. The second kappa shape index (κ2) is 9.40. The third-order valence-corrected chi connectivity index (χ3v) is 2.89. The van der Waals surface area contributed by atoms with Crippen molar-refractivity contribution >= 4 is 11.8 Å². The van der Waals surface area contributed by atoms with Crippen LogP contribution in [0.4, 0.5) is 0 Å². The molecule has 0 aliphatic carbocycles. The molecule has 0 amide bonds. The van der Waals surface area contributed by atoms with E-state index in [1.54, 1.807) is 0 Å². The smallest absolute Gasteiger partial charge is 0.00639 e. The largest absolute Gasteiger partial charge is 0.317 e. The fourth-order valence-electron chi connectivity index (χ4n) is 1.42. The van der Waals surface area contributed by atoms with Crippen LogP contribution >= 0.6 is 11.8 Å². The predicted octanol–water partition coefficient (Wildman–Crippen LogP) is 2.91. The number of nitrogens with one attached hydrogen (secondary N) is 1. The van der Waals surface area contributed by atoms with E-state index in [-0.39, 0.29) is 0 Å². The Balaban J connectivity index is 3.19. The van der Waals surface area contributed by atoms with Crippen molar-refractivity contribution in [1.82, 2.24) is 5.32 Å². The molecule has 0 aliphatic heterocycles. The lowest BCUT2D eigenvalue weighted by atomic mass is 10.1. The van der Waals surface area contributed by atoms with Gasteiger partial charge in [0.1, 0.15) is 0 Å². The predicted molar refractivity (Wildman–Crippen MR) is 60.0 cm³/mol. The van der Waals surface area contributed by atoms with Crippen LogP contribution in [-0.4, -0.2) is 25.1 Å². The fraction of sp³-hybridized carbons (Fsp3) is 1.00. The van der Waals surface area contributed by atoms with Crippen LogP contribution < -0.4 is 5.32 Å². The maximum atomic E-state index is 3.37. The zero-order valence-electron chi connectivity index (χ0n) is 8.73. The maximum absolute atomic E-state index is 3.37. The molecule has 0 heterocycles. The summed E-state index contributed by atoms with van der Waals surface area (Å²) in [6.45, 7) is 2.26. The average molecular weight is 189 g/mol. The van der Waals surface area contributed by atoms with Crippen molar-refractivity contribution in [2.24, 2.45) is 0 Å². The van der Waals surface area contributed by atoms with E-state index in [9.17, 15) is 0 Å². The molecule has 1 unspecified atom stereocenters. The highest BCUT2D eigenvalue weighted by Crippen LogP contribution is 2.08. The quantitative estimate of drug-likeness (QED) is 0.589. The molecule has 74 valence electrons. The molecule has 0 spiro atoms. The number of hydrogen-bond donors (Lipinski definition) is 1. The Morgan fingerprint density at radius 1 is 1.25 bits per heavy atom. The minimum Gasteiger partial charge on any atom is -0.317 e. The summed E-state index contributed by atoms with van der Waals surface area (Å²) >= 11 is 1.95. The molecule has 0 aliphatic rings. The van der Waals surface area contributed by atoms with E-state index in [2.05, 4.69) is 25.5 Å². The second-order valence-corrected chi connectivity index (χ2v) is 4.25. The van der Waals surface area contributed by atoms with Gasteiger partial charge in [-0.2, -0.15) is 11.8 Å². The van der Waals surface area contributed by atoms with Crippen LogP contribution in [0.2, 0.25) is 0 Å². The van der Waals surface area contributed by atoms with Crippen molar-refractivity contribution in [3.05, 3.63) is 0 Å². The molecule has 0 fully saturated rings. The zero-order chi connectivity index (χ0) is 9.23. The maximum Gasteiger partial charge on any atom is 0.00639 e. The number of rotatable bonds is 8. The Morgan fingerprint density at radius 2 is 2.00 bits per heavy atom. The summed E-state index contributed by atoms with van der Waals surface area (Å²) in [5.74, 6) is 1.32. The first kappa shape index (κ1) is 12.3. The van der Waals surface area contributed by atoms with Crippen LogP contribution in [0.3, 0.4) is 0 Å². The van der Waals surface area contributed by atoms with E-state index in [4.69, 9.17) is 0 Å². The minimum absolute atomic E-state index is 0.761. The van der Waals surface area contributed by atoms with E-state index in [0.717, 1.165) is 6.04 Å². The van der Waals surface area contributed by atoms with Crippen molar-refractivity contribution in [3.8, 4) is 0 Å². The lowest BCUT2D eigenvalue weighted by Crippen LogP contribution is -2.24. The standard InChI is InChI=1S/C10H23NS/c1-4-7-10(11-2)8-5-6-9-12-3/h10-11H,4-9H2,1-3H3. The molecule has 1 atom stereocenters. The molecule has 2 heteroatoms. The van der Waals surface area contributed by atoms with Crippen LogP contribution in [-0.2, 0) is 0 Å². The molecule has 0 aromatic heterocycles. The first-order valence-corrected chi connectivity index (χ1v) is 6.40. The van der Waals surface area contributed by atoms with Crippen LogP contribution in [0, 0.1) is 0 Å². The molecule has 1 nitrogen and oxygen atoms in total. The molecular weight excluding hydrogens is 166 g/mol. The van der Waals surface area contributed by atoms with Gasteiger partial charge in [-0.25, -0.2) is 0 Å². The molecule has 0 rings (SSSR count). The highest BCUT2D eigenvalue weighted by atomic mass is 32.2. The van der Waals surface area contributed by atoms with Gasteiger partial charge in [0.15, 0.2) is 0 Å². The van der Waals surface area contributed by atoms with Gasteiger partial charge >= 0.3 is 0 Å². The average Bonchev–Trinajstić information content (AvgIpc) is 2.10. The zero-order valence-corrected chi connectivity index (χ0v) is 9.54. The lowest BCUT2D eigenvalue weighted by Gasteiger charge is -2.14. The fourth-order valence-corrected chi connectivity index (χ4v) is 1.91. The van der Waals surface area contributed by atoms with Crippen molar-refractivity contribution in [1.29, 1.82) is 0 Å². The molecule has 0 bridgehead atoms. The third kappa shape index (κ3) is 6.99. The van der Waals surface area contributed by atoms with E-state index >= 15 is 0 Å². The Hall–Kier alpha value is 0.310. The molecule has 0 aromatic carbocycles. The number of thioether (sulfide) groups is 1. The Bertz CT molecular complexity index is 85.9. The van der Waals surface area contributed by atoms with Gasteiger partial charge in [-0.05, 0) is 38.3 Å². The van der Waals surface area contributed by atoms with E-state index in [1.165, 1.54) is 37.9 Å². The summed E-state index contributed by atoms with van der Waals surface area (Å²) in [6.07, 6.45) is 8.92. The third-order valence-electron chi connectivity index (χ3n) is 2.20. The molecule has 12 heavy (non-hydrogen) atoms. The SMILES string of the molecule is CCCC(CCCCSC)NC. The summed E-state index contributed by atoms with van der Waals surface area (Å²) in [5, 5.41) is 3.37. The van der Waals surface area contributed by atoms with Gasteiger partial charge < -0.3 is 5.32 Å². The van der Waals surface area contributed by atoms with Gasteiger partial charge in [0.05, 0.1) is 0 Å². The Morgan fingerprint density at radius 3 is 2.50 bits per heavy atom. The molecule has 0 saturated carbocycles. The normalized spacial score (nSPS) is 13.2. The van der Waals surface area contributed by atoms with Crippen LogP contribution in [0.5, 0.6) is 0 Å². The minimum atomic E-state index is 0.761. The Labute approximate surface area is 81.7 Å². The van der Waals surface area contributed by atoms with Gasteiger partial charge in [-0.3, -0.25) is 0 Å². The highest BCUT2D eigenvalue weighted by molar-refractivity contribution is 7.98. The van der Waals surface area contributed by atoms with Crippen molar-refractivity contribution < 1.29 is 0 Å². The van der Waals surface area contributed by atoms with E-state index in [1.807, 2.05) is 11.8 Å². The van der Waals surface area contributed by atoms with Gasteiger partial charge in [0.25, 0.3) is 0 Å². The summed E-state index contributed by atoms with van der Waals surface area (Å²) in [5.41, 5.74) is 0. The monoisotopic (exact) mass is 189 g/mol. The molecule has 0 saturated heterocycles. The summed E-state index contributed by atoms with van der Waals surface area (Å²) in [6, 6.07) is 0.761. The van der Waals surface area contributed by atoms with Gasteiger partial charge in [0, 0.05) is 6.04 Å². The topological polar surface area (TPSA) is 12.0 Å². The summed E-state index contributed by atoms with van der Waals surface area (Å²) < 4.78 is 0. The summed E-state index contributed by atoms with van der Waals surface area (Å²) in [4.78, 5) is 0. The van der Waals surface area contributed by atoms with E-state index in [0.29, 0.717) is 0 Å². The van der Waals surface area contributed by atoms with Crippen LogP contribution in [0.25, 0.3) is 0 Å². The number of unbranched alkanes of at least 4 members (excludes halogenated alkanes) is 1. The summed E-state index contributed by atoms with van der Waals surface area (Å²) in [7, 11) is 2.08. The van der Waals surface area contributed by atoms with Crippen molar-refractivity contribution in [2.45, 2.75) is 45.1 Å². The van der Waals surface area contributed by atoms with Gasteiger partial charge in [-0.15, -0.1) is 0 Å². The van der Waals surface area contributed by atoms with Crippen LogP contribution in [0.15, 0.2) is 0 Å². The first-order valence-electron chi connectivity index (χ1n) is 5.01. The van der Waals surface area contributed by atoms with Gasteiger partial charge in [0.2, 0.25) is 0 Å². The van der Waals surface area contributed by atoms with Crippen molar-refractivity contribution in [3.63, 3.8) is 0 Å². The second-order valence-electron chi connectivity index (χ2n) is 3.26. The molecule has 1 N–H and O–H groups in total. The first-order chi connectivity index (χ1) is 5.85.